The highest BCUT2D eigenvalue weighted by Gasteiger charge is 2.29. The minimum absolute atomic E-state index is 0.0293. The minimum atomic E-state index is -0.485. The molecule has 0 unspecified atom stereocenters. The third-order valence-corrected chi connectivity index (χ3v) is 4.51. The van der Waals surface area contributed by atoms with Crippen molar-refractivity contribution < 1.29 is 9.53 Å². The van der Waals surface area contributed by atoms with Gasteiger partial charge in [-0.2, -0.15) is 0 Å². The lowest BCUT2D eigenvalue weighted by molar-refractivity contribution is -0.122. The number of anilines is 1. The summed E-state index contributed by atoms with van der Waals surface area (Å²) in [7, 11) is 1.59. The van der Waals surface area contributed by atoms with E-state index in [0.717, 1.165) is 29.7 Å². The Morgan fingerprint density at radius 1 is 1.25 bits per heavy atom. The minimum Gasteiger partial charge on any atom is -0.495 e. The normalized spacial score (nSPS) is 14.8. The number of methoxy groups -OCH3 is 1. The Balaban J connectivity index is 1.91. The van der Waals surface area contributed by atoms with Gasteiger partial charge in [-0.15, -0.1) is 0 Å². The molecule has 1 aliphatic carbocycles. The van der Waals surface area contributed by atoms with Crippen molar-refractivity contribution in [1.82, 2.24) is 5.32 Å². The first-order valence-electron chi connectivity index (χ1n) is 8.04. The summed E-state index contributed by atoms with van der Waals surface area (Å²) in [5, 5.41) is 7.02. The molecule has 5 heteroatoms. The fraction of sp³-hybridized carbons (Fsp3) is 0.316. The van der Waals surface area contributed by atoms with Gasteiger partial charge < -0.3 is 15.4 Å². The lowest BCUT2D eigenvalue weighted by atomic mass is 10.0. The standard InChI is InChI=1S/C19H21ClN2O2/c1-12-10-16(17(24-2)11-15(12)20)22-18(13-6-4-3-5-7-13)19(23)21-14-8-9-14/h3-7,10-11,14,18,22H,8-9H2,1-2H3,(H,21,23)/t18-/m1/s1. The van der Waals surface area contributed by atoms with E-state index in [1.54, 1.807) is 13.2 Å². The molecular formula is C19H21ClN2O2. The molecule has 2 aromatic carbocycles. The van der Waals surface area contributed by atoms with Crippen LogP contribution in [0.1, 0.15) is 30.0 Å². The Kier molecular flexibility index (Phi) is 4.95. The van der Waals surface area contributed by atoms with E-state index in [-0.39, 0.29) is 5.91 Å². The van der Waals surface area contributed by atoms with Gasteiger partial charge in [0, 0.05) is 17.1 Å². The lowest BCUT2D eigenvalue weighted by Gasteiger charge is -2.22. The van der Waals surface area contributed by atoms with Crippen molar-refractivity contribution in [2.45, 2.75) is 31.8 Å². The molecule has 1 fully saturated rings. The number of ether oxygens (including phenoxy) is 1. The summed E-state index contributed by atoms with van der Waals surface area (Å²) < 4.78 is 5.41. The van der Waals surface area contributed by atoms with Gasteiger partial charge in [0.2, 0.25) is 5.91 Å². The van der Waals surface area contributed by atoms with Crippen molar-refractivity contribution >= 4 is 23.2 Å². The molecule has 2 aromatic rings. The first kappa shape index (κ1) is 16.7. The molecule has 0 aliphatic heterocycles. The molecule has 4 nitrogen and oxygen atoms in total. The Labute approximate surface area is 147 Å². The number of hydrogen-bond donors (Lipinski definition) is 2. The number of nitrogens with one attached hydrogen (secondary N) is 2. The van der Waals surface area contributed by atoms with Crippen LogP contribution >= 0.6 is 11.6 Å². The maximum atomic E-state index is 12.7. The van der Waals surface area contributed by atoms with Crippen LogP contribution in [0.3, 0.4) is 0 Å². The Hall–Kier alpha value is -2.20. The van der Waals surface area contributed by atoms with Crippen molar-refractivity contribution in [3.05, 3.63) is 58.6 Å². The van der Waals surface area contributed by atoms with Crippen molar-refractivity contribution in [3.63, 3.8) is 0 Å². The fourth-order valence-corrected chi connectivity index (χ4v) is 2.71. The third kappa shape index (κ3) is 3.82. The number of carbonyl (C=O) groups excluding carboxylic acids is 1. The van der Waals surface area contributed by atoms with Crippen LogP contribution in [0.4, 0.5) is 5.69 Å². The van der Waals surface area contributed by atoms with Gasteiger partial charge in [-0.25, -0.2) is 0 Å². The van der Waals surface area contributed by atoms with Gasteiger partial charge in [-0.05, 0) is 37.0 Å². The number of hydrogen-bond acceptors (Lipinski definition) is 3. The highest BCUT2D eigenvalue weighted by Crippen LogP contribution is 2.34. The smallest absolute Gasteiger partial charge is 0.247 e. The molecule has 1 aliphatic rings. The van der Waals surface area contributed by atoms with Crippen LogP contribution in [-0.2, 0) is 4.79 Å². The molecule has 0 saturated heterocycles. The predicted molar refractivity (Wildman–Crippen MR) is 96.7 cm³/mol. The summed E-state index contributed by atoms with van der Waals surface area (Å²) in [6, 6.07) is 13.2. The van der Waals surface area contributed by atoms with Gasteiger partial charge in [-0.3, -0.25) is 4.79 Å². The zero-order valence-corrected chi connectivity index (χ0v) is 14.6. The first-order valence-corrected chi connectivity index (χ1v) is 8.42. The quantitative estimate of drug-likeness (QED) is 0.829. The Morgan fingerprint density at radius 3 is 2.58 bits per heavy atom. The molecule has 1 atom stereocenters. The zero-order chi connectivity index (χ0) is 17.1. The number of carbonyl (C=O) groups is 1. The summed E-state index contributed by atoms with van der Waals surface area (Å²) >= 11 is 6.17. The van der Waals surface area contributed by atoms with E-state index in [2.05, 4.69) is 10.6 Å². The van der Waals surface area contributed by atoms with E-state index < -0.39 is 6.04 Å². The second-order valence-electron chi connectivity index (χ2n) is 6.07. The molecule has 2 N–H and O–H groups in total. The number of amides is 1. The Morgan fingerprint density at radius 2 is 1.96 bits per heavy atom. The van der Waals surface area contributed by atoms with Gasteiger partial charge in [0.25, 0.3) is 0 Å². The molecule has 0 heterocycles. The second-order valence-corrected chi connectivity index (χ2v) is 6.48. The summed E-state index contributed by atoms with van der Waals surface area (Å²) in [5.74, 6) is 0.587. The van der Waals surface area contributed by atoms with Crippen LogP contribution in [0.5, 0.6) is 5.75 Å². The average Bonchev–Trinajstić information content (AvgIpc) is 3.40. The molecule has 0 bridgehead atoms. The maximum Gasteiger partial charge on any atom is 0.247 e. The topological polar surface area (TPSA) is 50.4 Å². The molecule has 126 valence electrons. The van der Waals surface area contributed by atoms with Crippen LogP contribution in [0.2, 0.25) is 5.02 Å². The maximum absolute atomic E-state index is 12.7. The summed E-state index contributed by atoms with van der Waals surface area (Å²) in [6.45, 7) is 1.93. The van der Waals surface area contributed by atoms with Gasteiger partial charge in [0.15, 0.2) is 0 Å². The van der Waals surface area contributed by atoms with E-state index in [4.69, 9.17) is 16.3 Å². The predicted octanol–water partition coefficient (Wildman–Crippen LogP) is 4.09. The van der Waals surface area contributed by atoms with Crippen molar-refractivity contribution in [2.75, 3.05) is 12.4 Å². The molecular weight excluding hydrogens is 324 g/mol. The number of halogens is 1. The molecule has 0 aromatic heterocycles. The van der Waals surface area contributed by atoms with Crippen LogP contribution < -0.4 is 15.4 Å². The lowest BCUT2D eigenvalue weighted by Crippen LogP contribution is -2.34. The molecule has 3 rings (SSSR count). The summed E-state index contributed by atoms with van der Waals surface area (Å²) in [5.41, 5.74) is 2.58. The molecule has 0 radical (unpaired) electrons. The Bertz CT molecular complexity index is 730. The largest absolute Gasteiger partial charge is 0.495 e. The van der Waals surface area contributed by atoms with E-state index in [1.807, 2.05) is 43.3 Å². The van der Waals surface area contributed by atoms with Crippen LogP contribution in [-0.4, -0.2) is 19.1 Å². The molecule has 24 heavy (non-hydrogen) atoms. The first-order chi connectivity index (χ1) is 11.6. The van der Waals surface area contributed by atoms with E-state index >= 15 is 0 Å². The fourth-order valence-electron chi connectivity index (χ4n) is 2.56. The van der Waals surface area contributed by atoms with Gasteiger partial charge in [-0.1, -0.05) is 41.9 Å². The van der Waals surface area contributed by atoms with Crippen LogP contribution in [0.15, 0.2) is 42.5 Å². The zero-order valence-electron chi connectivity index (χ0n) is 13.8. The second kappa shape index (κ2) is 7.14. The molecule has 1 amide bonds. The van der Waals surface area contributed by atoms with E-state index in [1.165, 1.54) is 0 Å². The van der Waals surface area contributed by atoms with E-state index in [9.17, 15) is 4.79 Å². The monoisotopic (exact) mass is 344 g/mol. The van der Waals surface area contributed by atoms with Crippen LogP contribution in [0, 0.1) is 6.92 Å². The molecule has 1 saturated carbocycles. The van der Waals surface area contributed by atoms with Gasteiger partial charge >= 0.3 is 0 Å². The third-order valence-electron chi connectivity index (χ3n) is 4.10. The van der Waals surface area contributed by atoms with Gasteiger partial charge in [0.1, 0.15) is 11.8 Å². The highest BCUT2D eigenvalue weighted by atomic mass is 35.5. The highest BCUT2D eigenvalue weighted by molar-refractivity contribution is 6.31. The van der Waals surface area contributed by atoms with Crippen molar-refractivity contribution in [1.29, 1.82) is 0 Å². The average molecular weight is 345 g/mol. The van der Waals surface area contributed by atoms with Crippen molar-refractivity contribution in [2.24, 2.45) is 0 Å². The SMILES string of the molecule is COc1cc(Cl)c(C)cc1N[C@@H](C(=O)NC1CC1)c1ccccc1. The van der Waals surface area contributed by atoms with Crippen LogP contribution in [0.25, 0.3) is 0 Å². The number of rotatable bonds is 6. The molecule has 0 spiro atoms. The van der Waals surface area contributed by atoms with E-state index in [0.29, 0.717) is 16.8 Å². The number of aryl methyl sites for hydroxylation is 1. The van der Waals surface area contributed by atoms with Crippen molar-refractivity contribution in [3.8, 4) is 5.75 Å². The van der Waals surface area contributed by atoms with Gasteiger partial charge in [0.05, 0.1) is 12.8 Å². The number of benzene rings is 2. The summed E-state index contributed by atoms with van der Waals surface area (Å²) in [4.78, 5) is 12.7. The summed E-state index contributed by atoms with van der Waals surface area (Å²) in [6.07, 6.45) is 2.10.